The molecule has 0 radical (unpaired) electrons. The van der Waals surface area contributed by atoms with Crippen LogP contribution in [0.2, 0.25) is 0 Å². The molecule has 0 atom stereocenters. The Morgan fingerprint density at radius 1 is 0.882 bits per heavy atom. The first kappa shape index (κ1) is 22.1. The minimum Gasteiger partial charge on any atom is -0.495 e. The van der Waals surface area contributed by atoms with Gasteiger partial charge in [-0.1, -0.05) is 18.2 Å². The lowest BCUT2D eigenvalue weighted by Gasteiger charge is -2.37. The number of hydrogen-bond donors (Lipinski definition) is 1. The molecule has 0 amide bonds. The molecule has 2 aromatic carbocycles. The fourth-order valence-corrected chi connectivity index (χ4v) is 4.63. The van der Waals surface area contributed by atoms with Crippen molar-refractivity contribution in [2.24, 2.45) is 5.14 Å². The van der Waals surface area contributed by atoms with Crippen LogP contribution in [0.1, 0.15) is 0 Å². The number of aromatic nitrogens is 3. The van der Waals surface area contributed by atoms with Crippen LogP contribution >= 0.6 is 0 Å². The largest absolute Gasteiger partial charge is 0.495 e. The molecule has 0 aliphatic carbocycles. The first-order valence-electron chi connectivity index (χ1n) is 10.8. The van der Waals surface area contributed by atoms with Crippen molar-refractivity contribution >= 4 is 32.6 Å². The summed E-state index contributed by atoms with van der Waals surface area (Å²) in [5.41, 5.74) is 4.01. The summed E-state index contributed by atoms with van der Waals surface area (Å²) in [4.78, 5) is 18.0. The van der Waals surface area contributed by atoms with Crippen LogP contribution in [0.15, 0.2) is 72.0 Å². The van der Waals surface area contributed by atoms with Crippen LogP contribution in [0, 0.1) is 0 Å². The Kier molecular flexibility index (Phi) is 5.76. The van der Waals surface area contributed by atoms with E-state index in [0.29, 0.717) is 5.56 Å². The molecule has 5 rings (SSSR count). The van der Waals surface area contributed by atoms with Crippen molar-refractivity contribution in [3.05, 3.63) is 67.1 Å². The predicted octanol–water partition coefficient (Wildman–Crippen LogP) is 2.67. The fourth-order valence-electron chi connectivity index (χ4n) is 4.13. The van der Waals surface area contributed by atoms with Gasteiger partial charge in [-0.2, -0.15) is 0 Å². The molecule has 1 fully saturated rings. The van der Waals surface area contributed by atoms with Crippen LogP contribution in [-0.2, 0) is 10.0 Å². The van der Waals surface area contributed by atoms with Crippen molar-refractivity contribution in [2.45, 2.75) is 4.90 Å². The summed E-state index contributed by atoms with van der Waals surface area (Å²) < 4.78 is 28.9. The van der Waals surface area contributed by atoms with E-state index >= 15 is 0 Å². The number of nitrogens with two attached hydrogens (primary N) is 1. The zero-order chi connectivity index (χ0) is 23.7. The predicted molar refractivity (Wildman–Crippen MR) is 132 cm³/mol. The van der Waals surface area contributed by atoms with E-state index in [1.165, 1.54) is 12.3 Å². The minimum absolute atomic E-state index is 0.0298. The van der Waals surface area contributed by atoms with Crippen LogP contribution < -0.4 is 19.7 Å². The van der Waals surface area contributed by atoms with Crippen molar-refractivity contribution in [1.82, 2.24) is 15.0 Å². The molecular formula is C24H24N6O3S. The zero-order valence-electron chi connectivity index (χ0n) is 18.6. The van der Waals surface area contributed by atoms with E-state index in [4.69, 9.17) is 14.9 Å². The average molecular weight is 477 g/mol. The maximum Gasteiger partial charge on any atom is 0.239 e. The van der Waals surface area contributed by atoms with Crippen molar-refractivity contribution in [3.63, 3.8) is 0 Å². The fraction of sp³-hybridized carbons (Fsp3) is 0.208. The normalized spacial score (nSPS) is 14.4. The van der Waals surface area contributed by atoms with E-state index < -0.39 is 10.0 Å². The molecule has 34 heavy (non-hydrogen) atoms. The maximum atomic E-state index is 11.7. The number of anilines is 2. The quantitative estimate of drug-likeness (QED) is 0.468. The van der Waals surface area contributed by atoms with Gasteiger partial charge in [-0.15, -0.1) is 0 Å². The Morgan fingerprint density at radius 2 is 1.65 bits per heavy atom. The van der Waals surface area contributed by atoms with E-state index in [1.54, 1.807) is 19.5 Å². The number of nitrogens with zero attached hydrogens (tertiary/aromatic N) is 5. The van der Waals surface area contributed by atoms with Crippen LogP contribution in [0.25, 0.3) is 22.2 Å². The summed E-state index contributed by atoms with van der Waals surface area (Å²) in [6.45, 7) is 3.29. The minimum atomic E-state index is -3.84. The third kappa shape index (κ3) is 4.37. The smallest absolute Gasteiger partial charge is 0.239 e. The van der Waals surface area contributed by atoms with Crippen LogP contribution in [0.4, 0.5) is 11.5 Å². The lowest BCUT2D eigenvalue weighted by molar-refractivity contribution is 0.413. The Hall–Kier alpha value is -3.76. The van der Waals surface area contributed by atoms with E-state index in [2.05, 4.69) is 25.8 Å². The highest BCUT2D eigenvalue weighted by Gasteiger charge is 2.21. The van der Waals surface area contributed by atoms with E-state index in [-0.39, 0.29) is 4.90 Å². The number of fused-ring (bicyclic) bond motifs is 1. The van der Waals surface area contributed by atoms with Gasteiger partial charge < -0.3 is 14.5 Å². The molecule has 0 bridgehead atoms. The summed E-state index contributed by atoms with van der Waals surface area (Å²) in [5, 5.41) is 5.25. The lowest BCUT2D eigenvalue weighted by Crippen LogP contribution is -2.47. The van der Waals surface area contributed by atoms with Crippen LogP contribution in [0.3, 0.4) is 0 Å². The van der Waals surface area contributed by atoms with Gasteiger partial charge in [-0.05, 0) is 35.9 Å². The van der Waals surface area contributed by atoms with Gasteiger partial charge in [-0.3, -0.25) is 9.97 Å². The molecule has 3 heterocycles. The van der Waals surface area contributed by atoms with Crippen molar-refractivity contribution in [3.8, 4) is 16.9 Å². The van der Waals surface area contributed by atoms with Gasteiger partial charge in [0.1, 0.15) is 16.5 Å². The topological polar surface area (TPSA) is 115 Å². The van der Waals surface area contributed by atoms with Gasteiger partial charge in [0.25, 0.3) is 0 Å². The standard InChI is InChI=1S/C24H24N6O3S/c1-33-23-5-3-2-4-22(23)29-8-10-30(11-9-29)24-16-27-20-7-6-17(13-21(20)28-24)18-12-19(15-26-14-18)34(25,31)32/h2-7,12-16H,8-11H2,1H3,(H2,25,31,32). The summed E-state index contributed by atoms with van der Waals surface area (Å²) in [6, 6.07) is 15.2. The third-order valence-corrected chi connectivity index (χ3v) is 6.81. The summed E-state index contributed by atoms with van der Waals surface area (Å²) in [7, 11) is -2.15. The molecule has 0 saturated carbocycles. The molecule has 0 spiro atoms. The molecule has 2 aromatic heterocycles. The van der Waals surface area contributed by atoms with Crippen molar-refractivity contribution in [1.29, 1.82) is 0 Å². The lowest BCUT2D eigenvalue weighted by atomic mass is 10.1. The molecule has 9 nitrogen and oxygen atoms in total. The van der Waals surface area contributed by atoms with E-state index in [9.17, 15) is 8.42 Å². The molecule has 4 aromatic rings. The SMILES string of the molecule is COc1ccccc1N1CCN(c2cnc3ccc(-c4cncc(S(N)(=O)=O)c4)cc3n2)CC1. The Morgan fingerprint density at radius 3 is 2.41 bits per heavy atom. The molecule has 10 heteroatoms. The van der Waals surface area contributed by atoms with Gasteiger partial charge in [0, 0.05) is 44.1 Å². The van der Waals surface area contributed by atoms with Crippen molar-refractivity contribution in [2.75, 3.05) is 43.1 Å². The number of sulfonamides is 1. The summed E-state index contributed by atoms with van der Waals surface area (Å²) >= 11 is 0. The number of hydrogen-bond acceptors (Lipinski definition) is 8. The van der Waals surface area contributed by atoms with Crippen LogP contribution in [-0.4, -0.2) is 56.7 Å². The molecule has 0 unspecified atom stereocenters. The van der Waals surface area contributed by atoms with Gasteiger partial charge in [0.2, 0.25) is 10.0 Å². The number of para-hydroxylation sites is 2. The molecular weight excluding hydrogens is 452 g/mol. The number of benzene rings is 2. The summed E-state index contributed by atoms with van der Waals surface area (Å²) in [6.07, 6.45) is 4.64. The highest BCUT2D eigenvalue weighted by molar-refractivity contribution is 7.89. The van der Waals surface area contributed by atoms with Gasteiger partial charge in [0.05, 0.1) is 30.0 Å². The van der Waals surface area contributed by atoms with Crippen molar-refractivity contribution < 1.29 is 13.2 Å². The Balaban J connectivity index is 1.38. The maximum absolute atomic E-state index is 11.7. The van der Waals surface area contributed by atoms with Gasteiger partial charge >= 0.3 is 0 Å². The highest BCUT2D eigenvalue weighted by Crippen LogP contribution is 2.29. The molecule has 1 aliphatic rings. The second-order valence-electron chi connectivity index (χ2n) is 8.03. The van der Waals surface area contributed by atoms with Gasteiger partial charge in [0.15, 0.2) is 0 Å². The molecule has 2 N–H and O–H groups in total. The monoisotopic (exact) mass is 476 g/mol. The van der Waals surface area contributed by atoms with E-state index in [0.717, 1.165) is 60.0 Å². The van der Waals surface area contributed by atoms with Gasteiger partial charge in [-0.25, -0.2) is 18.5 Å². The zero-order valence-corrected chi connectivity index (χ0v) is 19.4. The molecule has 174 valence electrons. The molecule has 1 saturated heterocycles. The first-order chi connectivity index (χ1) is 16.4. The second-order valence-corrected chi connectivity index (χ2v) is 9.59. The number of primary sulfonamides is 1. The Labute approximate surface area is 197 Å². The van der Waals surface area contributed by atoms with E-state index in [1.807, 2.05) is 36.4 Å². The van der Waals surface area contributed by atoms with Crippen LogP contribution in [0.5, 0.6) is 5.75 Å². The summed E-state index contributed by atoms with van der Waals surface area (Å²) in [5.74, 6) is 1.68. The third-order valence-electron chi connectivity index (χ3n) is 5.93. The molecule has 1 aliphatic heterocycles. The number of piperazine rings is 1. The average Bonchev–Trinajstić information content (AvgIpc) is 2.87. The second kappa shape index (κ2) is 8.88. The first-order valence-corrected chi connectivity index (χ1v) is 12.3. The number of rotatable bonds is 5. The Bertz CT molecular complexity index is 1450. The number of methoxy groups -OCH3 is 1. The highest BCUT2D eigenvalue weighted by atomic mass is 32.2. The number of pyridine rings is 1. The number of ether oxygens (including phenoxy) is 1.